The van der Waals surface area contributed by atoms with Gasteiger partial charge < -0.3 is 14.7 Å². The van der Waals surface area contributed by atoms with Crippen LogP contribution < -0.4 is 0 Å². The van der Waals surface area contributed by atoms with Crippen LogP contribution in [0.15, 0.2) is 5.38 Å². The Morgan fingerprint density at radius 1 is 1.25 bits per heavy atom. The average Bonchev–Trinajstić information content (AvgIpc) is 3.35. The van der Waals surface area contributed by atoms with Gasteiger partial charge in [0.15, 0.2) is 11.5 Å². The van der Waals surface area contributed by atoms with Crippen molar-refractivity contribution in [1.29, 1.82) is 0 Å². The Morgan fingerprint density at radius 3 is 2.53 bits per heavy atom. The van der Waals surface area contributed by atoms with Crippen molar-refractivity contribution in [1.82, 2.24) is 14.8 Å². The summed E-state index contributed by atoms with van der Waals surface area (Å²) in [5, 5.41) is 12.9. The number of ether oxygens (including phenoxy) is 1. The predicted octanol–water partition coefficient (Wildman–Crippen LogP) is 4.33. The van der Waals surface area contributed by atoms with Crippen LogP contribution in [-0.4, -0.2) is 76.9 Å². The van der Waals surface area contributed by atoms with Gasteiger partial charge in [0.05, 0.1) is 12.6 Å². The largest absolute Gasteiger partial charge is 0.461 e. The van der Waals surface area contributed by atoms with Crippen LogP contribution in [0.1, 0.15) is 94.7 Å². The Hall–Kier alpha value is -1.84. The lowest BCUT2D eigenvalue weighted by molar-refractivity contribution is -0.143. The van der Waals surface area contributed by atoms with Crippen molar-refractivity contribution in [3.8, 4) is 0 Å². The number of esters is 1. The van der Waals surface area contributed by atoms with Crippen LogP contribution in [-0.2, 0) is 14.3 Å². The number of Topliss-reactive ketones (excluding diaryl/α,β-unsaturated/α-hetero) is 1. The molecule has 1 saturated heterocycles. The smallest absolute Gasteiger partial charge is 0.357 e. The molecule has 0 spiro atoms. The molecule has 1 N–H and O–H groups in total. The third-order valence-electron chi connectivity index (χ3n) is 7.58. The quantitative estimate of drug-likeness (QED) is 0.384. The molecule has 1 fully saturated rings. The molecule has 1 aromatic rings. The van der Waals surface area contributed by atoms with E-state index in [-0.39, 0.29) is 54.3 Å². The van der Waals surface area contributed by atoms with E-state index in [4.69, 9.17) is 4.74 Å². The van der Waals surface area contributed by atoms with Gasteiger partial charge in [0.25, 0.3) is 0 Å². The molecule has 0 unspecified atom stereocenters. The Kier molecular flexibility index (Phi) is 12.0. The number of aliphatic hydroxyl groups excluding tert-OH is 1. The number of piperidine rings is 1. The molecule has 2 rings (SSSR count). The summed E-state index contributed by atoms with van der Waals surface area (Å²) in [4.78, 5) is 47.1. The van der Waals surface area contributed by atoms with E-state index in [9.17, 15) is 19.5 Å². The molecule has 9 heteroatoms. The molecule has 0 aromatic carbocycles. The highest BCUT2D eigenvalue weighted by molar-refractivity contribution is 7.09. The topological polar surface area (TPSA) is 100 Å². The van der Waals surface area contributed by atoms with Gasteiger partial charge in [-0.3, -0.25) is 14.5 Å². The lowest BCUT2D eigenvalue weighted by atomic mass is 9.83. The van der Waals surface area contributed by atoms with Gasteiger partial charge in [-0.25, -0.2) is 9.78 Å². The molecule has 36 heavy (non-hydrogen) atoms. The number of likely N-dealkylation sites (N-methyl/N-ethyl adjacent to an activating group) is 1. The minimum absolute atomic E-state index is 0.0478. The number of aromatic nitrogens is 1. The Labute approximate surface area is 220 Å². The summed E-state index contributed by atoms with van der Waals surface area (Å²) in [7, 11) is 3.77. The van der Waals surface area contributed by atoms with Gasteiger partial charge >= 0.3 is 5.97 Å². The predicted molar refractivity (Wildman–Crippen MR) is 142 cm³/mol. The summed E-state index contributed by atoms with van der Waals surface area (Å²) in [5.74, 6) is -0.647. The van der Waals surface area contributed by atoms with Crippen molar-refractivity contribution in [2.75, 3.05) is 27.2 Å². The maximum atomic E-state index is 13.8. The lowest BCUT2D eigenvalue weighted by Gasteiger charge is -2.37. The van der Waals surface area contributed by atoms with Gasteiger partial charge in [-0.05, 0) is 45.2 Å². The molecular formula is C27H45N3O5S. The van der Waals surface area contributed by atoms with Crippen LogP contribution in [0.2, 0.25) is 0 Å². The Balaban J connectivity index is 2.15. The van der Waals surface area contributed by atoms with Crippen molar-refractivity contribution in [2.24, 2.45) is 17.8 Å². The van der Waals surface area contributed by atoms with E-state index in [2.05, 4.69) is 16.8 Å². The monoisotopic (exact) mass is 523 g/mol. The molecular weight excluding hydrogens is 478 g/mol. The van der Waals surface area contributed by atoms with E-state index >= 15 is 0 Å². The average molecular weight is 524 g/mol. The van der Waals surface area contributed by atoms with E-state index in [0.29, 0.717) is 11.4 Å². The van der Waals surface area contributed by atoms with E-state index in [0.717, 1.165) is 32.2 Å². The maximum absolute atomic E-state index is 13.8. The summed E-state index contributed by atoms with van der Waals surface area (Å²) in [6.45, 7) is 11.0. The van der Waals surface area contributed by atoms with Crippen LogP contribution in [0, 0.1) is 17.8 Å². The molecule has 0 radical (unpaired) electrons. The molecule has 1 aliphatic heterocycles. The van der Waals surface area contributed by atoms with Gasteiger partial charge in [0.2, 0.25) is 5.91 Å². The van der Waals surface area contributed by atoms with Crippen LogP contribution in [0.5, 0.6) is 0 Å². The summed E-state index contributed by atoms with van der Waals surface area (Å²) >= 11 is 1.21. The van der Waals surface area contributed by atoms with Crippen molar-refractivity contribution in [3.63, 3.8) is 0 Å². The van der Waals surface area contributed by atoms with Gasteiger partial charge in [0, 0.05) is 37.2 Å². The van der Waals surface area contributed by atoms with Gasteiger partial charge in [-0.1, -0.05) is 40.5 Å². The number of ketones is 1. The molecule has 1 amide bonds. The first kappa shape index (κ1) is 30.4. The normalized spacial score (nSPS) is 20.0. The zero-order valence-corrected chi connectivity index (χ0v) is 23.8. The molecule has 5 atom stereocenters. The number of nitrogens with zero attached hydrogens (tertiary/aromatic N) is 3. The number of carbonyl (C=O) groups excluding carboxylic acids is 3. The first-order valence-corrected chi connectivity index (χ1v) is 14.2. The van der Waals surface area contributed by atoms with Gasteiger partial charge in [-0.2, -0.15) is 0 Å². The van der Waals surface area contributed by atoms with Gasteiger partial charge in [-0.15, -0.1) is 11.3 Å². The van der Waals surface area contributed by atoms with Crippen molar-refractivity contribution in [2.45, 2.75) is 91.3 Å². The lowest BCUT2D eigenvalue weighted by Crippen LogP contribution is -2.48. The van der Waals surface area contributed by atoms with Crippen molar-refractivity contribution >= 4 is 29.0 Å². The summed E-state index contributed by atoms with van der Waals surface area (Å²) in [6.07, 6.45) is 3.44. The van der Waals surface area contributed by atoms with Gasteiger partial charge in [0.1, 0.15) is 11.1 Å². The number of hydrogen-bond donors (Lipinski definition) is 1. The maximum Gasteiger partial charge on any atom is 0.357 e. The zero-order chi connectivity index (χ0) is 27.0. The summed E-state index contributed by atoms with van der Waals surface area (Å²) in [5.41, 5.74) is 0.185. The van der Waals surface area contributed by atoms with Crippen LogP contribution in [0.3, 0.4) is 0 Å². The first-order valence-electron chi connectivity index (χ1n) is 13.3. The van der Waals surface area contributed by atoms with E-state index in [1.807, 2.05) is 27.8 Å². The highest BCUT2D eigenvalue weighted by Gasteiger charge is 2.36. The SMILES string of the molecule is CCOC(=O)c1csc([C@H](O)C[C@H](C(C)C)N(C)C(=O)[C@@H](CC(=O)[C@H]2CCCCN2C)[C@@H](C)CC)n1. The number of thiazole rings is 1. The number of likely N-dealkylation sites (tertiary alicyclic amines) is 1. The second-order valence-electron chi connectivity index (χ2n) is 10.5. The zero-order valence-electron chi connectivity index (χ0n) is 23.0. The third-order valence-corrected chi connectivity index (χ3v) is 8.53. The van der Waals surface area contributed by atoms with Crippen molar-refractivity contribution < 1.29 is 24.2 Å². The minimum Gasteiger partial charge on any atom is -0.461 e. The Bertz CT molecular complexity index is 873. The first-order chi connectivity index (χ1) is 17.0. The second-order valence-corrected chi connectivity index (χ2v) is 11.3. The summed E-state index contributed by atoms with van der Waals surface area (Å²) in [6, 6.07) is -0.355. The fraction of sp³-hybridized carbons (Fsp3) is 0.778. The third kappa shape index (κ3) is 7.83. The fourth-order valence-electron chi connectivity index (χ4n) is 5.02. The second kappa shape index (κ2) is 14.2. The highest BCUT2D eigenvalue weighted by atomic mass is 32.1. The molecule has 0 aliphatic carbocycles. The van der Waals surface area contributed by atoms with Crippen LogP contribution >= 0.6 is 11.3 Å². The minimum atomic E-state index is -0.916. The number of hydrogen-bond acceptors (Lipinski definition) is 8. The number of rotatable bonds is 13. The van der Waals surface area contributed by atoms with E-state index in [1.54, 1.807) is 24.3 Å². The molecule has 8 nitrogen and oxygen atoms in total. The van der Waals surface area contributed by atoms with E-state index in [1.165, 1.54) is 11.3 Å². The molecule has 0 saturated carbocycles. The fourth-order valence-corrected chi connectivity index (χ4v) is 5.81. The standard InChI is InChI=1S/C27H45N3O5S/c1-8-18(5)19(14-23(31)21-12-10-11-13-29(21)6)26(33)30(7)22(17(3)4)15-24(32)25-28-20(16-36-25)27(34)35-9-2/h16-19,21-22,24,32H,8-15H2,1-7H3/t18-,19-,21+,22+,24+/m0/s1. The molecule has 1 aromatic heterocycles. The molecule has 204 valence electrons. The van der Waals surface area contributed by atoms with Crippen LogP contribution in [0.25, 0.3) is 0 Å². The van der Waals surface area contributed by atoms with E-state index < -0.39 is 18.0 Å². The molecule has 0 bridgehead atoms. The number of amides is 1. The van der Waals surface area contributed by atoms with Crippen molar-refractivity contribution in [3.05, 3.63) is 16.1 Å². The van der Waals surface area contributed by atoms with Crippen LogP contribution in [0.4, 0.5) is 0 Å². The molecule has 2 heterocycles. The number of carbonyl (C=O) groups is 3. The molecule has 1 aliphatic rings. The summed E-state index contributed by atoms with van der Waals surface area (Å²) < 4.78 is 4.99. The Morgan fingerprint density at radius 2 is 1.94 bits per heavy atom. The highest BCUT2D eigenvalue weighted by Crippen LogP contribution is 2.30. The number of aliphatic hydroxyl groups is 1.